The quantitative estimate of drug-likeness (QED) is 0.805. The lowest BCUT2D eigenvalue weighted by atomic mass is 9.92. The van der Waals surface area contributed by atoms with E-state index in [0.717, 1.165) is 17.5 Å². The van der Waals surface area contributed by atoms with Gasteiger partial charge in [-0.15, -0.1) is 0 Å². The molecule has 0 aromatic heterocycles. The second kappa shape index (κ2) is 4.40. The molecule has 4 heteroatoms. The van der Waals surface area contributed by atoms with Gasteiger partial charge in [-0.25, -0.2) is 4.39 Å². The van der Waals surface area contributed by atoms with Crippen LogP contribution in [0.1, 0.15) is 27.9 Å². The summed E-state index contributed by atoms with van der Waals surface area (Å²) in [6.07, 6.45) is 0.808. The maximum absolute atomic E-state index is 13.2. The highest BCUT2D eigenvalue weighted by molar-refractivity contribution is 6.00. The van der Waals surface area contributed by atoms with Crippen LogP contribution in [0.15, 0.2) is 48.5 Å². The van der Waals surface area contributed by atoms with E-state index in [4.69, 9.17) is 4.74 Å². The van der Waals surface area contributed by atoms with Gasteiger partial charge >= 0.3 is 0 Å². The minimum atomic E-state index is -0.903. The van der Waals surface area contributed by atoms with Crippen molar-refractivity contribution in [2.75, 3.05) is 13.2 Å². The van der Waals surface area contributed by atoms with Crippen LogP contribution in [0, 0.1) is 5.82 Å². The zero-order valence-corrected chi connectivity index (χ0v) is 11.4. The first-order valence-electron chi connectivity index (χ1n) is 7.05. The molecule has 0 aliphatic carbocycles. The molecule has 2 aromatic rings. The van der Waals surface area contributed by atoms with Crippen molar-refractivity contribution in [3.8, 4) is 0 Å². The summed E-state index contributed by atoms with van der Waals surface area (Å²) in [5, 5.41) is 0. The lowest BCUT2D eigenvalue weighted by Crippen LogP contribution is -2.50. The Kier molecular flexibility index (Phi) is 2.62. The van der Waals surface area contributed by atoms with Gasteiger partial charge in [0.25, 0.3) is 5.91 Å². The van der Waals surface area contributed by atoms with E-state index in [1.165, 1.54) is 12.1 Å². The van der Waals surface area contributed by atoms with E-state index in [2.05, 4.69) is 0 Å². The van der Waals surface area contributed by atoms with Gasteiger partial charge in [0.2, 0.25) is 0 Å². The van der Waals surface area contributed by atoms with Crippen molar-refractivity contribution in [1.82, 2.24) is 4.90 Å². The molecule has 2 aliphatic heterocycles. The first-order valence-corrected chi connectivity index (χ1v) is 7.05. The number of fused-ring (bicyclic) bond motifs is 3. The van der Waals surface area contributed by atoms with Crippen molar-refractivity contribution in [1.29, 1.82) is 0 Å². The molecule has 4 rings (SSSR count). The molecule has 21 heavy (non-hydrogen) atoms. The van der Waals surface area contributed by atoms with E-state index in [0.29, 0.717) is 18.7 Å². The van der Waals surface area contributed by atoms with Crippen LogP contribution in [0.4, 0.5) is 4.39 Å². The fourth-order valence-electron chi connectivity index (χ4n) is 3.33. The van der Waals surface area contributed by atoms with E-state index in [-0.39, 0.29) is 11.7 Å². The van der Waals surface area contributed by atoms with Crippen molar-refractivity contribution < 1.29 is 13.9 Å². The number of carbonyl (C=O) groups excluding carboxylic acids is 1. The van der Waals surface area contributed by atoms with Gasteiger partial charge in [0.1, 0.15) is 5.82 Å². The summed E-state index contributed by atoms with van der Waals surface area (Å²) in [6, 6.07) is 13.7. The Morgan fingerprint density at radius 3 is 2.67 bits per heavy atom. The molecule has 1 amide bonds. The number of ether oxygens (including phenoxy) is 1. The largest absolute Gasteiger partial charge is 0.347 e. The van der Waals surface area contributed by atoms with E-state index >= 15 is 0 Å². The number of halogens is 1. The standard InChI is InChI=1S/C17H14FNO2/c18-13-8-6-12(7-9-13)17-15-5-2-1-4-14(15)16(20)19(17)10-3-11-21-17/h1-2,4-9H,3,10-11H2. The van der Waals surface area contributed by atoms with E-state index in [9.17, 15) is 9.18 Å². The lowest BCUT2D eigenvalue weighted by Gasteiger charge is -2.42. The molecular weight excluding hydrogens is 269 g/mol. The Morgan fingerprint density at radius 1 is 1.10 bits per heavy atom. The number of rotatable bonds is 1. The smallest absolute Gasteiger partial charge is 0.257 e. The third-order valence-electron chi connectivity index (χ3n) is 4.22. The predicted octanol–water partition coefficient (Wildman–Crippen LogP) is 2.90. The van der Waals surface area contributed by atoms with E-state index in [1.54, 1.807) is 17.0 Å². The summed E-state index contributed by atoms with van der Waals surface area (Å²) in [5.41, 5.74) is 1.41. The van der Waals surface area contributed by atoms with Crippen LogP contribution in [-0.4, -0.2) is 24.0 Å². The molecule has 3 nitrogen and oxygen atoms in total. The normalized spacial score (nSPS) is 23.9. The fraction of sp³-hybridized carbons (Fsp3) is 0.235. The van der Waals surface area contributed by atoms with E-state index < -0.39 is 5.72 Å². The molecule has 2 aromatic carbocycles. The summed E-state index contributed by atoms with van der Waals surface area (Å²) in [4.78, 5) is 14.4. The second-order valence-corrected chi connectivity index (χ2v) is 5.36. The van der Waals surface area contributed by atoms with Gasteiger partial charge in [0, 0.05) is 23.2 Å². The molecule has 2 heterocycles. The summed E-state index contributed by atoms with van der Waals surface area (Å²) in [5.74, 6) is -0.315. The zero-order chi connectivity index (χ0) is 14.4. The monoisotopic (exact) mass is 283 g/mol. The van der Waals surface area contributed by atoms with Crippen molar-refractivity contribution in [2.45, 2.75) is 12.1 Å². The Hall–Kier alpha value is -2.20. The van der Waals surface area contributed by atoms with Gasteiger partial charge in [0.05, 0.1) is 6.61 Å². The summed E-state index contributed by atoms with van der Waals surface area (Å²) >= 11 is 0. The molecule has 1 saturated heterocycles. The highest BCUT2D eigenvalue weighted by Crippen LogP contribution is 2.46. The number of hydrogen-bond acceptors (Lipinski definition) is 2. The van der Waals surface area contributed by atoms with Gasteiger partial charge in [-0.05, 0) is 24.6 Å². The summed E-state index contributed by atoms with van der Waals surface area (Å²) < 4.78 is 19.3. The third kappa shape index (κ3) is 1.59. The molecule has 0 bridgehead atoms. The van der Waals surface area contributed by atoms with Crippen molar-refractivity contribution in [3.63, 3.8) is 0 Å². The van der Waals surface area contributed by atoms with Crippen LogP contribution in [0.5, 0.6) is 0 Å². The van der Waals surface area contributed by atoms with Crippen LogP contribution < -0.4 is 0 Å². The van der Waals surface area contributed by atoms with Crippen molar-refractivity contribution in [3.05, 3.63) is 71.0 Å². The molecule has 0 spiro atoms. The third-order valence-corrected chi connectivity index (χ3v) is 4.22. The number of hydrogen-bond donors (Lipinski definition) is 0. The second-order valence-electron chi connectivity index (χ2n) is 5.36. The molecular formula is C17H14FNO2. The van der Waals surface area contributed by atoms with Crippen LogP contribution in [0.3, 0.4) is 0 Å². The molecule has 0 saturated carbocycles. The molecule has 0 N–H and O–H groups in total. The number of carbonyl (C=O) groups is 1. The Morgan fingerprint density at radius 2 is 1.86 bits per heavy atom. The number of benzene rings is 2. The SMILES string of the molecule is O=C1c2ccccc2C2(c3ccc(F)cc3)OCCCN12. The minimum absolute atomic E-state index is 0.0189. The molecule has 0 radical (unpaired) electrons. The minimum Gasteiger partial charge on any atom is -0.347 e. The van der Waals surface area contributed by atoms with Crippen LogP contribution >= 0.6 is 0 Å². The zero-order valence-electron chi connectivity index (χ0n) is 11.4. The van der Waals surface area contributed by atoms with Gasteiger partial charge in [-0.1, -0.05) is 30.3 Å². The van der Waals surface area contributed by atoms with Gasteiger partial charge in [0.15, 0.2) is 5.72 Å². The predicted molar refractivity (Wildman–Crippen MR) is 75.2 cm³/mol. The van der Waals surface area contributed by atoms with Crippen LogP contribution in [0.2, 0.25) is 0 Å². The van der Waals surface area contributed by atoms with Crippen LogP contribution in [0.25, 0.3) is 0 Å². The maximum atomic E-state index is 13.2. The van der Waals surface area contributed by atoms with E-state index in [1.807, 2.05) is 24.3 Å². The lowest BCUT2D eigenvalue weighted by molar-refractivity contribution is -0.137. The fourth-order valence-corrected chi connectivity index (χ4v) is 3.33. The average Bonchev–Trinajstić information content (AvgIpc) is 2.80. The van der Waals surface area contributed by atoms with Crippen LogP contribution in [-0.2, 0) is 10.5 Å². The number of nitrogens with zero attached hydrogens (tertiary/aromatic N) is 1. The van der Waals surface area contributed by atoms with Crippen molar-refractivity contribution in [2.24, 2.45) is 0 Å². The first kappa shape index (κ1) is 12.5. The average molecular weight is 283 g/mol. The van der Waals surface area contributed by atoms with Gasteiger partial charge < -0.3 is 9.64 Å². The number of amides is 1. The molecule has 1 fully saturated rings. The Balaban J connectivity index is 1.98. The van der Waals surface area contributed by atoms with Crippen molar-refractivity contribution >= 4 is 5.91 Å². The topological polar surface area (TPSA) is 29.5 Å². The Labute approximate surface area is 122 Å². The van der Waals surface area contributed by atoms with Gasteiger partial charge in [-0.3, -0.25) is 4.79 Å². The molecule has 2 aliphatic rings. The Bertz CT molecular complexity index is 713. The first-order chi connectivity index (χ1) is 10.2. The highest BCUT2D eigenvalue weighted by Gasteiger charge is 2.53. The highest BCUT2D eigenvalue weighted by atomic mass is 19.1. The summed E-state index contributed by atoms with van der Waals surface area (Å²) in [7, 11) is 0. The molecule has 1 unspecified atom stereocenters. The molecule has 106 valence electrons. The molecule has 1 atom stereocenters. The summed E-state index contributed by atoms with van der Waals surface area (Å²) in [6.45, 7) is 1.22. The maximum Gasteiger partial charge on any atom is 0.257 e. The van der Waals surface area contributed by atoms with Gasteiger partial charge in [-0.2, -0.15) is 0 Å².